The maximum Gasteiger partial charge on any atom is 0.407 e. The van der Waals surface area contributed by atoms with Crippen molar-refractivity contribution in [2.75, 3.05) is 25.1 Å². The van der Waals surface area contributed by atoms with Gasteiger partial charge in [-0.2, -0.15) is 0 Å². The summed E-state index contributed by atoms with van der Waals surface area (Å²) in [5, 5.41) is 42.3. The Morgan fingerprint density at radius 2 is 1.62 bits per heavy atom. The van der Waals surface area contributed by atoms with Crippen LogP contribution in [0.1, 0.15) is 80.9 Å². The van der Waals surface area contributed by atoms with E-state index in [0.717, 1.165) is 40.7 Å². The lowest BCUT2D eigenvalue weighted by molar-refractivity contribution is -0.130. The number of pyridine rings is 1. The number of hydrogen-bond acceptors (Lipinski definition) is 12. The van der Waals surface area contributed by atoms with Gasteiger partial charge in [0.25, 0.3) is 12.4 Å². The normalized spacial score (nSPS) is 20.7. The van der Waals surface area contributed by atoms with Crippen molar-refractivity contribution in [3.8, 4) is 22.5 Å². The summed E-state index contributed by atoms with van der Waals surface area (Å²) >= 11 is 0. The number of morpholine rings is 1. The lowest BCUT2D eigenvalue weighted by Gasteiger charge is -2.46. The maximum atomic E-state index is 13.9. The number of tetrazole rings is 1. The van der Waals surface area contributed by atoms with Crippen LogP contribution >= 0.6 is 0 Å². The molecular formula is C45H56N10O10. The monoisotopic (exact) mass is 896 g/mol. The van der Waals surface area contributed by atoms with Crippen molar-refractivity contribution in [3.05, 3.63) is 77.6 Å². The molecule has 0 radical (unpaired) electrons. The van der Waals surface area contributed by atoms with E-state index in [-0.39, 0.29) is 66.3 Å². The molecule has 4 aromatic rings. The number of aryl methyl sites for hydroxylation is 1. The van der Waals surface area contributed by atoms with Gasteiger partial charge in [-0.1, -0.05) is 24.3 Å². The molecular weight excluding hydrogens is 841 g/mol. The number of anilines is 1. The summed E-state index contributed by atoms with van der Waals surface area (Å²) in [6.45, 7) is 8.19. The van der Waals surface area contributed by atoms with Crippen LogP contribution in [0.2, 0.25) is 0 Å². The van der Waals surface area contributed by atoms with Gasteiger partial charge in [-0.3, -0.25) is 29.1 Å². The fraction of sp³-hybridized carbons (Fsp3) is 0.467. The number of alkyl carbamates (subject to hydrolysis) is 1. The third kappa shape index (κ3) is 13.1. The van der Waals surface area contributed by atoms with Gasteiger partial charge >= 0.3 is 12.2 Å². The lowest BCUT2D eigenvalue weighted by Crippen LogP contribution is -2.62. The molecule has 7 rings (SSSR count). The van der Waals surface area contributed by atoms with E-state index in [0.29, 0.717) is 57.0 Å². The Labute approximate surface area is 375 Å². The average molecular weight is 897 g/mol. The molecule has 3 atom stereocenters. The topological polar surface area (TPSA) is 280 Å². The SMILES string of the molecule is Cc1cc(C(=O)NC2CC3COCC(C2)N3C(=O)O)ncc1-c1ccc(C[C@H](NC(=O)[C@H]2CC[C@H](CNC(=O)OC(C)(C)C)CC2)C(=O)Nc2ccc(-c3nnn[nH]3)cc2)cc1.O=CO. The lowest BCUT2D eigenvalue weighted by atomic mass is 9.81. The van der Waals surface area contributed by atoms with E-state index in [2.05, 4.69) is 46.9 Å². The molecule has 1 aliphatic carbocycles. The van der Waals surface area contributed by atoms with Crippen LogP contribution in [0.4, 0.5) is 15.3 Å². The largest absolute Gasteiger partial charge is 0.483 e. The van der Waals surface area contributed by atoms with Crippen LogP contribution in [-0.4, -0.2) is 127 Å². The Bertz CT molecular complexity index is 2260. The number of carboxylic acid groups (broad SMARTS) is 2. The number of aromatic nitrogens is 5. The fourth-order valence-electron chi connectivity index (χ4n) is 8.53. The first-order valence-corrected chi connectivity index (χ1v) is 21.6. The van der Waals surface area contributed by atoms with Gasteiger partial charge in [-0.15, -0.1) is 5.10 Å². The highest BCUT2D eigenvalue weighted by Gasteiger charge is 2.42. The molecule has 20 heteroatoms. The summed E-state index contributed by atoms with van der Waals surface area (Å²) in [4.78, 5) is 79.2. The first-order chi connectivity index (χ1) is 31.1. The minimum Gasteiger partial charge on any atom is -0.483 e. The van der Waals surface area contributed by atoms with Gasteiger partial charge < -0.3 is 41.0 Å². The van der Waals surface area contributed by atoms with Crippen LogP contribution in [0.5, 0.6) is 0 Å². The molecule has 20 nitrogen and oxygen atoms in total. The highest BCUT2D eigenvalue weighted by Crippen LogP contribution is 2.31. The second-order valence-corrected chi connectivity index (χ2v) is 17.5. The molecule has 2 aromatic heterocycles. The third-order valence-electron chi connectivity index (χ3n) is 11.7. The van der Waals surface area contributed by atoms with Gasteiger partial charge in [-0.05, 0) is 130 Å². The number of nitrogens with zero attached hydrogens (tertiary/aromatic N) is 5. The number of rotatable bonds is 12. The fourth-order valence-corrected chi connectivity index (χ4v) is 8.53. The van der Waals surface area contributed by atoms with E-state index in [1.54, 1.807) is 36.5 Å². The molecule has 65 heavy (non-hydrogen) atoms. The first-order valence-electron chi connectivity index (χ1n) is 21.6. The third-order valence-corrected chi connectivity index (χ3v) is 11.7. The van der Waals surface area contributed by atoms with Crippen molar-refractivity contribution in [1.29, 1.82) is 0 Å². The molecule has 2 saturated heterocycles. The van der Waals surface area contributed by atoms with Gasteiger partial charge in [-0.25, -0.2) is 14.7 Å². The number of carbonyl (C=O) groups is 6. The Hall–Kier alpha value is -6.96. The minimum atomic E-state index is -0.968. The highest BCUT2D eigenvalue weighted by molar-refractivity contribution is 5.98. The molecule has 5 amide bonds. The van der Waals surface area contributed by atoms with Gasteiger partial charge in [0, 0.05) is 47.9 Å². The summed E-state index contributed by atoms with van der Waals surface area (Å²) in [5.41, 5.74) is 4.33. The number of amides is 5. The number of nitrogens with one attached hydrogen (secondary N) is 5. The second kappa shape index (κ2) is 21.6. The van der Waals surface area contributed by atoms with Crippen molar-refractivity contribution >= 4 is 42.1 Å². The number of carbonyl (C=O) groups excluding carboxylic acids is 4. The smallest absolute Gasteiger partial charge is 0.407 e. The summed E-state index contributed by atoms with van der Waals surface area (Å²) in [6.07, 6.45) is 4.17. The molecule has 346 valence electrons. The summed E-state index contributed by atoms with van der Waals surface area (Å²) < 4.78 is 10.9. The van der Waals surface area contributed by atoms with E-state index >= 15 is 0 Å². The van der Waals surface area contributed by atoms with Crippen LogP contribution in [0.3, 0.4) is 0 Å². The van der Waals surface area contributed by atoms with Crippen LogP contribution in [-0.2, 0) is 30.3 Å². The molecule has 2 aromatic carbocycles. The molecule has 1 saturated carbocycles. The van der Waals surface area contributed by atoms with E-state index in [1.807, 2.05) is 52.0 Å². The Kier molecular flexibility index (Phi) is 15.8. The Morgan fingerprint density at radius 1 is 0.969 bits per heavy atom. The van der Waals surface area contributed by atoms with Crippen molar-refractivity contribution in [3.63, 3.8) is 0 Å². The predicted octanol–water partition coefficient (Wildman–Crippen LogP) is 4.57. The number of aromatic amines is 1. The number of benzene rings is 2. The second-order valence-electron chi connectivity index (χ2n) is 17.5. The molecule has 2 unspecified atom stereocenters. The summed E-state index contributed by atoms with van der Waals surface area (Å²) in [5.74, 6) is -0.450. The average Bonchev–Trinajstić information content (AvgIpc) is 3.81. The van der Waals surface area contributed by atoms with Gasteiger partial charge in [0.1, 0.15) is 17.3 Å². The van der Waals surface area contributed by atoms with Crippen LogP contribution in [0.25, 0.3) is 22.5 Å². The van der Waals surface area contributed by atoms with E-state index < -0.39 is 23.8 Å². The molecule has 3 aliphatic rings. The number of H-pyrrole nitrogens is 1. The van der Waals surface area contributed by atoms with Crippen molar-refractivity contribution < 1.29 is 48.5 Å². The van der Waals surface area contributed by atoms with Crippen LogP contribution in [0, 0.1) is 18.8 Å². The predicted molar refractivity (Wildman–Crippen MR) is 235 cm³/mol. The van der Waals surface area contributed by atoms with Gasteiger partial charge in [0.15, 0.2) is 5.82 Å². The summed E-state index contributed by atoms with van der Waals surface area (Å²) in [6, 6.07) is 14.8. The van der Waals surface area contributed by atoms with E-state index in [9.17, 15) is 29.1 Å². The zero-order valence-electron chi connectivity index (χ0n) is 36.8. The maximum absolute atomic E-state index is 13.9. The number of ether oxygens (including phenoxy) is 2. The highest BCUT2D eigenvalue weighted by atomic mass is 16.6. The van der Waals surface area contributed by atoms with Crippen LogP contribution in [0.15, 0.2) is 60.8 Å². The van der Waals surface area contributed by atoms with Crippen molar-refractivity contribution in [2.24, 2.45) is 11.8 Å². The summed E-state index contributed by atoms with van der Waals surface area (Å²) in [7, 11) is 0. The first kappa shape index (κ1) is 47.5. The van der Waals surface area contributed by atoms with Gasteiger partial charge in [0.05, 0.1) is 25.3 Å². The standard InChI is InChI=1S/C44H54N10O8.CH2O2/c1-25-17-36(40(56)48-32-19-33-23-61-24-34(20-32)54(33)43(59)60)45-22-35(25)28-9-5-26(6-10-28)18-37(41(57)47-31-15-13-29(14-16-31)38-50-52-53-51-38)49-39(55)30-11-7-27(8-12-30)21-46-42(58)62-44(2,3)4;2-1-3/h5-6,9-10,13-17,22,27,30,32-34,37H,7-8,11-12,18-21,23-24H2,1-4H3,(H,46,58)(H,47,57)(H,48,56)(H,49,55)(H,59,60)(H,50,51,52,53);1H,(H,2,3)/t27-,30-,32?,33?,34?,37-;/m0./s1. The number of fused-ring (bicyclic) bond motifs is 2. The molecule has 2 aliphatic heterocycles. The molecule has 3 fully saturated rings. The Morgan fingerprint density at radius 3 is 2.20 bits per heavy atom. The van der Waals surface area contributed by atoms with Crippen molar-refractivity contribution in [1.82, 2.24) is 46.5 Å². The van der Waals surface area contributed by atoms with E-state index in [1.165, 1.54) is 4.90 Å². The number of piperidine rings is 1. The minimum absolute atomic E-state index is 0.193. The molecule has 7 N–H and O–H groups in total. The quantitative estimate of drug-likeness (QED) is 0.0960. The molecule has 0 spiro atoms. The van der Waals surface area contributed by atoms with Crippen molar-refractivity contribution in [2.45, 2.75) is 102 Å². The molecule has 4 heterocycles. The number of hydrogen-bond donors (Lipinski definition) is 7. The zero-order valence-corrected chi connectivity index (χ0v) is 36.8. The van der Waals surface area contributed by atoms with E-state index in [4.69, 9.17) is 19.4 Å². The molecule has 2 bridgehead atoms. The van der Waals surface area contributed by atoms with Gasteiger partial charge in [0.2, 0.25) is 11.8 Å². The Balaban J connectivity index is 0.00000227. The van der Waals surface area contributed by atoms with Crippen LogP contribution < -0.4 is 21.3 Å². The zero-order chi connectivity index (χ0) is 46.7.